The third kappa shape index (κ3) is 4.00. The molecule has 0 aliphatic rings. The van der Waals surface area contributed by atoms with Crippen LogP contribution in [0.3, 0.4) is 0 Å². The molecule has 1 aromatic heterocycles. The third-order valence-corrected chi connectivity index (χ3v) is 3.41. The van der Waals surface area contributed by atoms with Crippen LogP contribution >= 0.6 is 0 Å². The van der Waals surface area contributed by atoms with Crippen LogP contribution in [0.15, 0.2) is 36.7 Å². The lowest BCUT2D eigenvalue weighted by Crippen LogP contribution is -2.27. The van der Waals surface area contributed by atoms with E-state index in [-0.39, 0.29) is 11.9 Å². The standard InChI is InChI=1S/C16H21N3O3/c1-12(14-11-13(21-2)5-6-15(14)22-3)18-16(20)7-10-19-9-4-8-17-19/h4-6,8-9,11-12H,7,10H2,1-3H3,(H,18,20). The monoisotopic (exact) mass is 303 g/mol. The zero-order chi connectivity index (χ0) is 15.9. The van der Waals surface area contributed by atoms with Crippen LogP contribution < -0.4 is 14.8 Å². The molecule has 1 heterocycles. The van der Waals surface area contributed by atoms with Crippen LogP contribution in [-0.4, -0.2) is 29.9 Å². The van der Waals surface area contributed by atoms with Crippen LogP contribution in [0.1, 0.15) is 24.9 Å². The number of nitrogens with zero attached hydrogens (tertiary/aromatic N) is 2. The number of amides is 1. The van der Waals surface area contributed by atoms with Crippen LogP contribution in [0.2, 0.25) is 0 Å². The predicted molar refractivity (Wildman–Crippen MR) is 82.9 cm³/mol. The molecule has 0 spiro atoms. The third-order valence-electron chi connectivity index (χ3n) is 3.41. The number of ether oxygens (including phenoxy) is 2. The van der Waals surface area contributed by atoms with E-state index in [4.69, 9.17) is 9.47 Å². The number of rotatable bonds is 7. The second-order valence-electron chi connectivity index (χ2n) is 4.92. The van der Waals surface area contributed by atoms with Crippen LogP contribution in [0, 0.1) is 0 Å². The van der Waals surface area contributed by atoms with Crippen molar-refractivity contribution in [3.05, 3.63) is 42.2 Å². The molecule has 1 amide bonds. The van der Waals surface area contributed by atoms with Crippen LogP contribution in [0.25, 0.3) is 0 Å². The topological polar surface area (TPSA) is 65.4 Å². The van der Waals surface area contributed by atoms with Crippen molar-refractivity contribution in [2.45, 2.75) is 25.9 Å². The highest BCUT2D eigenvalue weighted by Crippen LogP contribution is 2.29. The average molecular weight is 303 g/mol. The normalized spacial score (nSPS) is 11.8. The number of methoxy groups -OCH3 is 2. The Morgan fingerprint density at radius 1 is 1.36 bits per heavy atom. The van der Waals surface area contributed by atoms with Gasteiger partial charge in [0.05, 0.1) is 20.3 Å². The van der Waals surface area contributed by atoms with Gasteiger partial charge in [0.1, 0.15) is 11.5 Å². The molecule has 0 bridgehead atoms. The van der Waals surface area contributed by atoms with E-state index in [1.165, 1.54) is 0 Å². The van der Waals surface area contributed by atoms with Gasteiger partial charge in [-0.3, -0.25) is 9.48 Å². The van der Waals surface area contributed by atoms with Gasteiger partial charge in [0.15, 0.2) is 0 Å². The molecule has 2 aromatic rings. The molecule has 1 atom stereocenters. The van der Waals surface area contributed by atoms with Crippen molar-refractivity contribution in [2.75, 3.05) is 14.2 Å². The van der Waals surface area contributed by atoms with E-state index in [2.05, 4.69) is 10.4 Å². The fraction of sp³-hybridized carbons (Fsp3) is 0.375. The number of nitrogens with one attached hydrogen (secondary N) is 1. The number of hydrogen-bond acceptors (Lipinski definition) is 4. The lowest BCUT2D eigenvalue weighted by molar-refractivity contribution is -0.122. The second-order valence-corrected chi connectivity index (χ2v) is 4.92. The van der Waals surface area contributed by atoms with Gasteiger partial charge in [0.2, 0.25) is 5.91 Å². The fourth-order valence-corrected chi connectivity index (χ4v) is 2.22. The van der Waals surface area contributed by atoms with E-state index in [1.807, 2.05) is 37.4 Å². The van der Waals surface area contributed by atoms with Crippen molar-refractivity contribution in [3.63, 3.8) is 0 Å². The molecule has 22 heavy (non-hydrogen) atoms. The summed E-state index contributed by atoms with van der Waals surface area (Å²) in [5.41, 5.74) is 0.884. The van der Waals surface area contributed by atoms with E-state index >= 15 is 0 Å². The SMILES string of the molecule is COc1ccc(OC)c(C(C)NC(=O)CCn2cccn2)c1. The summed E-state index contributed by atoms with van der Waals surface area (Å²) in [4.78, 5) is 12.1. The second kappa shape index (κ2) is 7.49. The maximum atomic E-state index is 12.1. The van der Waals surface area contributed by atoms with E-state index in [0.29, 0.717) is 13.0 Å². The number of carbonyl (C=O) groups is 1. The Balaban J connectivity index is 1.98. The van der Waals surface area contributed by atoms with Gasteiger partial charge in [-0.1, -0.05) is 0 Å². The van der Waals surface area contributed by atoms with Gasteiger partial charge in [-0.2, -0.15) is 5.10 Å². The van der Waals surface area contributed by atoms with Crippen molar-refractivity contribution in [3.8, 4) is 11.5 Å². The Morgan fingerprint density at radius 2 is 2.18 bits per heavy atom. The first-order chi connectivity index (χ1) is 10.6. The summed E-state index contributed by atoms with van der Waals surface area (Å²) in [7, 11) is 3.22. The summed E-state index contributed by atoms with van der Waals surface area (Å²) < 4.78 is 12.3. The van der Waals surface area contributed by atoms with Crippen LogP contribution in [0.4, 0.5) is 0 Å². The van der Waals surface area contributed by atoms with Crippen molar-refractivity contribution in [2.24, 2.45) is 0 Å². The van der Waals surface area contributed by atoms with Crippen LogP contribution in [0.5, 0.6) is 11.5 Å². The van der Waals surface area contributed by atoms with E-state index in [0.717, 1.165) is 17.1 Å². The average Bonchev–Trinajstić information content (AvgIpc) is 3.05. The molecule has 0 fully saturated rings. The molecule has 1 N–H and O–H groups in total. The highest BCUT2D eigenvalue weighted by Gasteiger charge is 2.15. The molecule has 6 nitrogen and oxygen atoms in total. The fourth-order valence-electron chi connectivity index (χ4n) is 2.22. The van der Waals surface area contributed by atoms with E-state index < -0.39 is 0 Å². The van der Waals surface area contributed by atoms with Gasteiger partial charge in [-0.25, -0.2) is 0 Å². The molecular weight excluding hydrogens is 282 g/mol. The van der Waals surface area contributed by atoms with Gasteiger partial charge in [0.25, 0.3) is 0 Å². The Hall–Kier alpha value is -2.50. The van der Waals surface area contributed by atoms with E-state index in [9.17, 15) is 4.79 Å². The van der Waals surface area contributed by atoms with Crippen molar-refractivity contribution < 1.29 is 14.3 Å². The Labute approximate surface area is 130 Å². The van der Waals surface area contributed by atoms with Gasteiger partial charge in [-0.05, 0) is 31.2 Å². The number of aryl methyl sites for hydroxylation is 1. The maximum Gasteiger partial charge on any atom is 0.222 e. The number of benzene rings is 1. The summed E-state index contributed by atoms with van der Waals surface area (Å²) in [5.74, 6) is 1.42. The van der Waals surface area contributed by atoms with Crippen LogP contribution in [-0.2, 0) is 11.3 Å². The molecule has 0 radical (unpaired) electrons. The zero-order valence-corrected chi connectivity index (χ0v) is 13.1. The maximum absolute atomic E-state index is 12.1. The Morgan fingerprint density at radius 3 is 2.82 bits per heavy atom. The molecule has 118 valence electrons. The highest BCUT2D eigenvalue weighted by molar-refractivity contribution is 5.76. The lowest BCUT2D eigenvalue weighted by atomic mass is 10.1. The zero-order valence-electron chi connectivity index (χ0n) is 13.1. The number of aromatic nitrogens is 2. The quantitative estimate of drug-likeness (QED) is 0.851. The molecular formula is C16H21N3O3. The minimum atomic E-state index is -0.171. The number of carbonyl (C=O) groups excluding carboxylic acids is 1. The largest absolute Gasteiger partial charge is 0.497 e. The number of hydrogen-bond donors (Lipinski definition) is 1. The molecule has 2 rings (SSSR count). The smallest absolute Gasteiger partial charge is 0.222 e. The van der Waals surface area contributed by atoms with Gasteiger partial charge < -0.3 is 14.8 Å². The molecule has 6 heteroatoms. The lowest BCUT2D eigenvalue weighted by Gasteiger charge is -2.18. The van der Waals surface area contributed by atoms with Crippen molar-refractivity contribution in [1.82, 2.24) is 15.1 Å². The van der Waals surface area contributed by atoms with Gasteiger partial charge in [0, 0.05) is 30.9 Å². The molecule has 0 aliphatic carbocycles. The summed E-state index contributed by atoms with van der Waals surface area (Å²) in [6.07, 6.45) is 3.90. The summed E-state index contributed by atoms with van der Waals surface area (Å²) >= 11 is 0. The minimum absolute atomic E-state index is 0.0344. The molecule has 0 aliphatic heterocycles. The first kappa shape index (κ1) is 15.9. The van der Waals surface area contributed by atoms with Crippen molar-refractivity contribution >= 4 is 5.91 Å². The van der Waals surface area contributed by atoms with E-state index in [1.54, 1.807) is 25.1 Å². The summed E-state index contributed by atoms with van der Waals surface area (Å²) in [6.45, 7) is 2.48. The summed E-state index contributed by atoms with van der Waals surface area (Å²) in [6, 6.07) is 7.20. The predicted octanol–water partition coefficient (Wildman–Crippen LogP) is 2.17. The Bertz CT molecular complexity index is 611. The molecule has 0 saturated carbocycles. The minimum Gasteiger partial charge on any atom is -0.497 e. The first-order valence-corrected chi connectivity index (χ1v) is 7.12. The summed E-state index contributed by atoms with van der Waals surface area (Å²) in [5, 5.41) is 7.04. The Kier molecular flexibility index (Phi) is 5.41. The van der Waals surface area contributed by atoms with Crippen molar-refractivity contribution in [1.29, 1.82) is 0 Å². The van der Waals surface area contributed by atoms with Gasteiger partial charge in [-0.15, -0.1) is 0 Å². The highest BCUT2D eigenvalue weighted by atomic mass is 16.5. The van der Waals surface area contributed by atoms with Gasteiger partial charge >= 0.3 is 0 Å². The molecule has 0 saturated heterocycles. The first-order valence-electron chi connectivity index (χ1n) is 7.12. The molecule has 1 aromatic carbocycles. The molecule has 1 unspecified atom stereocenters.